The minimum Gasteiger partial charge on any atom is -0.393 e. The lowest BCUT2D eigenvalue weighted by Gasteiger charge is -2.09. The first kappa shape index (κ1) is 9.48. The molecule has 0 bridgehead atoms. The number of hydrogen-bond donors (Lipinski definition) is 1. The molecule has 0 aromatic carbocycles. The molecule has 0 spiro atoms. The first-order chi connectivity index (χ1) is 5.59. The summed E-state index contributed by atoms with van der Waals surface area (Å²) in [6.45, 7) is 1.99. The van der Waals surface area contributed by atoms with Gasteiger partial charge < -0.3 is 5.73 Å². The molecule has 12 heavy (non-hydrogen) atoms. The summed E-state index contributed by atoms with van der Waals surface area (Å²) < 4.78 is 1.75. The summed E-state index contributed by atoms with van der Waals surface area (Å²) in [5.41, 5.74) is 5.39. The number of nitrogens with zero attached hydrogens (tertiary/aromatic N) is 2. The van der Waals surface area contributed by atoms with Gasteiger partial charge in [-0.2, -0.15) is 5.10 Å². The Kier molecular flexibility index (Phi) is 3.05. The molecule has 5 heteroatoms. The summed E-state index contributed by atoms with van der Waals surface area (Å²) in [5, 5.41) is 4.67. The average molecular weight is 204 g/mol. The summed E-state index contributed by atoms with van der Waals surface area (Å²) in [5.74, 6) is 0. The molecule has 1 atom stereocenters. The molecule has 0 aliphatic heterocycles. The van der Waals surface area contributed by atoms with E-state index < -0.39 is 0 Å². The number of nitrogens with two attached hydrogens (primary N) is 1. The van der Waals surface area contributed by atoms with Crippen molar-refractivity contribution in [3.05, 3.63) is 17.4 Å². The van der Waals surface area contributed by atoms with Crippen LogP contribution in [0.5, 0.6) is 0 Å². The zero-order valence-electron chi connectivity index (χ0n) is 6.70. The molecule has 1 aromatic rings. The zero-order valence-corrected chi connectivity index (χ0v) is 8.27. The molecule has 0 radical (unpaired) electrons. The van der Waals surface area contributed by atoms with Crippen LogP contribution in [0.3, 0.4) is 0 Å². The van der Waals surface area contributed by atoms with Crippen LogP contribution in [0.1, 0.15) is 19.4 Å². The highest BCUT2D eigenvalue weighted by atomic mass is 35.5. The molecular weight excluding hydrogens is 194 g/mol. The van der Waals surface area contributed by atoms with Gasteiger partial charge in [0.1, 0.15) is 0 Å². The van der Waals surface area contributed by atoms with Gasteiger partial charge in [0.05, 0.1) is 22.2 Å². The molecule has 0 saturated carbocycles. The second-order valence-corrected chi connectivity index (χ2v) is 3.62. The topological polar surface area (TPSA) is 43.8 Å². The van der Waals surface area contributed by atoms with Crippen LogP contribution < -0.4 is 5.73 Å². The molecule has 3 nitrogen and oxygen atoms in total. The highest BCUT2D eigenvalue weighted by Gasteiger charge is 2.06. The second kappa shape index (κ2) is 3.87. The molecule has 0 amide bonds. The Labute approximate surface area is 81.5 Å². The van der Waals surface area contributed by atoms with Crippen LogP contribution in [-0.2, 0) is 0 Å². The second-order valence-electron chi connectivity index (χ2n) is 2.66. The molecular formula is C7H10ClN3S. The molecule has 66 valence electrons. The van der Waals surface area contributed by atoms with Crippen molar-refractivity contribution in [3.8, 4) is 0 Å². The predicted molar refractivity (Wildman–Crippen MR) is 53.4 cm³/mol. The van der Waals surface area contributed by atoms with Gasteiger partial charge in [0.15, 0.2) is 0 Å². The maximum absolute atomic E-state index is 5.69. The van der Waals surface area contributed by atoms with E-state index in [4.69, 9.17) is 29.6 Å². The average Bonchev–Trinajstić information content (AvgIpc) is 2.34. The zero-order chi connectivity index (χ0) is 9.14. The van der Waals surface area contributed by atoms with Gasteiger partial charge >= 0.3 is 0 Å². The van der Waals surface area contributed by atoms with Gasteiger partial charge in [0.25, 0.3) is 0 Å². The highest BCUT2D eigenvalue weighted by molar-refractivity contribution is 7.80. The SMILES string of the molecule is CC(CC(N)=S)n1cc(Cl)cn1. The van der Waals surface area contributed by atoms with Gasteiger partial charge in [-0.05, 0) is 6.92 Å². The van der Waals surface area contributed by atoms with Crippen LogP contribution in [0, 0.1) is 0 Å². The molecule has 0 aliphatic rings. The van der Waals surface area contributed by atoms with Crippen molar-refractivity contribution in [2.75, 3.05) is 0 Å². The monoisotopic (exact) mass is 203 g/mol. The Hall–Kier alpha value is -0.610. The Morgan fingerprint density at radius 2 is 2.58 bits per heavy atom. The fraction of sp³-hybridized carbons (Fsp3) is 0.429. The van der Waals surface area contributed by atoms with Crippen molar-refractivity contribution >= 4 is 28.8 Å². The number of aromatic nitrogens is 2. The minimum atomic E-state index is 0.176. The van der Waals surface area contributed by atoms with Gasteiger partial charge in [-0.3, -0.25) is 4.68 Å². The Balaban J connectivity index is 2.64. The largest absolute Gasteiger partial charge is 0.393 e. The molecule has 1 aromatic heterocycles. The van der Waals surface area contributed by atoms with Crippen LogP contribution in [0.2, 0.25) is 5.02 Å². The number of rotatable bonds is 3. The van der Waals surface area contributed by atoms with Crippen LogP contribution >= 0.6 is 23.8 Å². The molecule has 0 saturated heterocycles. The Morgan fingerprint density at radius 3 is 3.00 bits per heavy atom. The van der Waals surface area contributed by atoms with Gasteiger partial charge in [-0.15, -0.1) is 0 Å². The Morgan fingerprint density at radius 1 is 1.92 bits per heavy atom. The molecule has 1 unspecified atom stereocenters. The minimum absolute atomic E-state index is 0.176. The van der Waals surface area contributed by atoms with Gasteiger partial charge in [0, 0.05) is 12.6 Å². The summed E-state index contributed by atoms with van der Waals surface area (Å²) in [6.07, 6.45) is 4.00. The molecule has 2 N–H and O–H groups in total. The maximum Gasteiger partial charge on any atom is 0.0785 e. The van der Waals surface area contributed by atoms with Crippen molar-refractivity contribution in [3.63, 3.8) is 0 Å². The predicted octanol–water partition coefficient (Wildman–Crippen LogP) is 1.77. The van der Waals surface area contributed by atoms with Crippen LogP contribution in [0.4, 0.5) is 0 Å². The third kappa shape index (κ3) is 2.46. The third-order valence-corrected chi connectivity index (χ3v) is 1.88. The van der Waals surface area contributed by atoms with Crippen molar-refractivity contribution in [2.24, 2.45) is 5.73 Å². The lowest BCUT2D eigenvalue weighted by Crippen LogP contribution is -2.15. The van der Waals surface area contributed by atoms with Crippen LogP contribution in [0.15, 0.2) is 12.4 Å². The van der Waals surface area contributed by atoms with E-state index in [1.54, 1.807) is 17.1 Å². The summed E-state index contributed by atoms with van der Waals surface area (Å²) in [7, 11) is 0. The number of hydrogen-bond acceptors (Lipinski definition) is 2. The van der Waals surface area contributed by atoms with Crippen molar-refractivity contribution in [1.29, 1.82) is 0 Å². The van der Waals surface area contributed by atoms with E-state index in [1.807, 2.05) is 6.92 Å². The first-order valence-electron chi connectivity index (χ1n) is 3.57. The summed E-state index contributed by atoms with van der Waals surface area (Å²) in [4.78, 5) is 0.495. The van der Waals surface area contributed by atoms with Crippen LogP contribution in [-0.4, -0.2) is 14.8 Å². The summed E-state index contributed by atoms with van der Waals surface area (Å²) in [6, 6.07) is 0.176. The van der Waals surface area contributed by atoms with E-state index in [9.17, 15) is 0 Å². The van der Waals surface area contributed by atoms with E-state index >= 15 is 0 Å². The van der Waals surface area contributed by atoms with E-state index in [1.165, 1.54) is 0 Å². The smallest absolute Gasteiger partial charge is 0.0785 e. The third-order valence-electron chi connectivity index (χ3n) is 1.52. The normalized spacial score (nSPS) is 12.8. The van der Waals surface area contributed by atoms with Crippen LogP contribution in [0.25, 0.3) is 0 Å². The van der Waals surface area contributed by atoms with Gasteiger partial charge in [-0.25, -0.2) is 0 Å². The van der Waals surface area contributed by atoms with E-state index in [0.717, 1.165) is 0 Å². The van der Waals surface area contributed by atoms with Crippen molar-refractivity contribution in [2.45, 2.75) is 19.4 Å². The molecule has 1 heterocycles. The van der Waals surface area contributed by atoms with Crippen molar-refractivity contribution in [1.82, 2.24) is 9.78 Å². The Bertz CT molecular complexity index is 284. The van der Waals surface area contributed by atoms with Gasteiger partial charge in [-0.1, -0.05) is 23.8 Å². The first-order valence-corrected chi connectivity index (χ1v) is 4.36. The molecule has 0 aliphatic carbocycles. The van der Waals surface area contributed by atoms with E-state index in [-0.39, 0.29) is 6.04 Å². The fourth-order valence-electron chi connectivity index (χ4n) is 0.941. The van der Waals surface area contributed by atoms with Crippen molar-refractivity contribution < 1.29 is 0 Å². The lowest BCUT2D eigenvalue weighted by molar-refractivity contribution is 0.507. The lowest BCUT2D eigenvalue weighted by atomic mass is 10.2. The molecule has 1 rings (SSSR count). The maximum atomic E-state index is 5.69. The standard InChI is InChI=1S/C7H10ClN3S/c1-5(2-7(9)12)11-4-6(8)3-10-11/h3-5H,2H2,1H3,(H2,9,12). The quantitative estimate of drug-likeness (QED) is 0.762. The van der Waals surface area contributed by atoms with E-state index in [2.05, 4.69) is 5.10 Å². The highest BCUT2D eigenvalue weighted by Crippen LogP contribution is 2.13. The number of halogens is 1. The van der Waals surface area contributed by atoms with Gasteiger partial charge in [0.2, 0.25) is 0 Å². The number of thiocarbonyl (C=S) groups is 1. The van der Waals surface area contributed by atoms with E-state index in [0.29, 0.717) is 16.4 Å². The summed E-state index contributed by atoms with van der Waals surface area (Å²) >= 11 is 10.5. The fourth-order valence-corrected chi connectivity index (χ4v) is 1.33. The molecule has 0 fully saturated rings.